The number of fused-ring (bicyclic) bond motifs is 1. The van der Waals surface area contributed by atoms with Gasteiger partial charge in [0.15, 0.2) is 0 Å². The molecular weight excluding hydrogens is 236 g/mol. The lowest BCUT2D eigenvalue weighted by Crippen LogP contribution is -2.18. The smallest absolute Gasteiger partial charge is 0.0998 e. The molecule has 3 heteroatoms. The van der Waals surface area contributed by atoms with Crippen molar-refractivity contribution >= 4 is 16.5 Å². The van der Waals surface area contributed by atoms with Gasteiger partial charge in [0.05, 0.1) is 17.7 Å². The van der Waals surface area contributed by atoms with E-state index in [1.54, 1.807) is 0 Å². The van der Waals surface area contributed by atoms with Gasteiger partial charge in [-0.05, 0) is 25.0 Å². The van der Waals surface area contributed by atoms with Gasteiger partial charge in [0.2, 0.25) is 0 Å². The molecule has 0 aromatic heterocycles. The quantitative estimate of drug-likeness (QED) is 0.911. The Morgan fingerprint density at radius 2 is 2.05 bits per heavy atom. The maximum Gasteiger partial charge on any atom is 0.0998 e. The number of hydrogen-bond donors (Lipinski definition) is 1. The van der Waals surface area contributed by atoms with Gasteiger partial charge in [-0.2, -0.15) is 5.26 Å². The Bertz CT molecular complexity index is 624. The molecule has 1 aliphatic rings. The number of benzene rings is 2. The number of anilines is 1. The van der Waals surface area contributed by atoms with E-state index in [0.717, 1.165) is 48.0 Å². The topological polar surface area (TPSA) is 45.0 Å². The molecule has 1 aliphatic heterocycles. The maximum absolute atomic E-state index is 9.14. The Kier molecular flexibility index (Phi) is 3.35. The van der Waals surface area contributed by atoms with E-state index < -0.39 is 0 Å². The lowest BCUT2D eigenvalue weighted by Gasteiger charge is -2.14. The molecular formula is C16H16N2O. The third-order valence-corrected chi connectivity index (χ3v) is 3.59. The van der Waals surface area contributed by atoms with Crippen LogP contribution in [0.1, 0.15) is 18.4 Å². The highest BCUT2D eigenvalue weighted by Crippen LogP contribution is 2.26. The normalized spacial score (nSPS) is 18.4. The van der Waals surface area contributed by atoms with E-state index in [1.165, 1.54) is 0 Å². The Balaban J connectivity index is 1.89. The largest absolute Gasteiger partial charge is 0.382 e. The summed E-state index contributed by atoms with van der Waals surface area (Å²) >= 11 is 0. The van der Waals surface area contributed by atoms with Crippen LogP contribution in [0.4, 0.5) is 5.69 Å². The van der Waals surface area contributed by atoms with E-state index in [4.69, 9.17) is 10.00 Å². The predicted octanol–water partition coefficient (Wildman–Crippen LogP) is 3.30. The molecule has 0 saturated carbocycles. The number of nitriles is 1. The van der Waals surface area contributed by atoms with Gasteiger partial charge in [-0.25, -0.2) is 0 Å². The van der Waals surface area contributed by atoms with Gasteiger partial charge in [0.25, 0.3) is 0 Å². The molecule has 2 aromatic rings. The number of nitrogens with one attached hydrogen (secondary N) is 1. The molecule has 0 amide bonds. The van der Waals surface area contributed by atoms with Crippen molar-refractivity contribution in [2.24, 2.45) is 0 Å². The van der Waals surface area contributed by atoms with Crippen molar-refractivity contribution in [3.63, 3.8) is 0 Å². The lowest BCUT2D eigenvalue weighted by atomic mass is 10.0. The Hall–Kier alpha value is -2.05. The molecule has 1 unspecified atom stereocenters. The minimum Gasteiger partial charge on any atom is -0.382 e. The molecule has 19 heavy (non-hydrogen) atoms. The second kappa shape index (κ2) is 5.29. The monoisotopic (exact) mass is 252 g/mol. The molecule has 1 N–H and O–H groups in total. The predicted molar refractivity (Wildman–Crippen MR) is 76.1 cm³/mol. The standard InChI is InChI=1S/C16H16N2O/c17-10-12-7-8-16(15-6-2-1-5-14(12)15)18-11-13-4-3-9-19-13/h1-2,5-8,13,18H,3-4,9,11H2. The average molecular weight is 252 g/mol. The fourth-order valence-corrected chi connectivity index (χ4v) is 2.58. The molecule has 0 aliphatic carbocycles. The van der Waals surface area contributed by atoms with Gasteiger partial charge in [0, 0.05) is 29.6 Å². The van der Waals surface area contributed by atoms with Crippen LogP contribution in [0.5, 0.6) is 0 Å². The highest BCUT2D eigenvalue weighted by molar-refractivity contribution is 5.97. The summed E-state index contributed by atoms with van der Waals surface area (Å²) in [6.07, 6.45) is 2.59. The van der Waals surface area contributed by atoms with Crippen molar-refractivity contribution in [1.82, 2.24) is 0 Å². The zero-order valence-electron chi connectivity index (χ0n) is 10.7. The first-order chi connectivity index (χ1) is 9.38. The molecule has 1 atom stereocenters. The molecule has 96 valence electrons. The summed E-state index contributed by atoms with van der Waals surface area (Å²) in [5, 5.41) is 14.7. The van der Waals surface area contributed by atoms with Gasteiger partial charge >= 0.3 is 0 Å². The summed E-state index contributed by atoms with van der Waals surface area (Å²) in [5.41, 5.74) is 1.79. The number of hydrogen-bond acceptors (Lipinski definition) is 3. The summed E-state index contributed by atoms with van der Waals surface area (Å²) < 4.78 is 5.62. The second-order valence-corrected chi connectivity index (χ2v) is 4.83. The van der Waals surface area contributed by atoms with Crippen LogP contribution in [0.15, 0.2) is 36.4 Å². The van der Waals surface area contributed by atoms with Crippen molar-refractivity contribution in [3.8, 4) is 6.07 Å². The van der Waals surface area contributed by atoms with Crippen LogP contribution in [0.3, 0.4) is 0 Å². The van der Waals surface area contributed by atoms with Crippen LogP contribution in [0.25, 0.3) is 10.8 Å². The van der Waals surface area contributed by atoms with Crippen molar-refractivity contribution in [1.29, 1.82) is 5.26 Å². The highest BCUT2D eigenvalue weighted by atomic mass is 16.5. The Labute approximate surface area is 112 Å². The third-order valence-electron chi connectivity index (χ3n) is 3.59. The van der Waals surface area contributed by atoms with Crippen LogP contribution < -0.4 is 5.32 Å². The summed E-state index contributed by atoms with van der Waals surface area (Å²) in [5.74, 6) is 0. The minimum atomic E-state index is 0.314. The average Bonchev–Trinajstić information content (AvgIpc) is 2.98. The molecule has 1 heterocycles. The molecule has 2 aromatic carbocycles. The van der Waals surface area contributed by atoms with E-state index in [-0.39, 0.29) is 0 Å². The van der Waals surface area contributed by atoms with Crippen LogP contribution in [-0.4, -0.2) is 19.3 Å². The zero-order chi connectivity index (χ0) is 13.1. The van der Waals surface area contributed by atoms with E-state index in [0.29, 0.717) is 6.10 Å². The summed E-state index contributed by atoms with van der Waals surface area (Å²) in [6.45, 7) is 1.70. The van der Waals surface area contributed by atoms with Gasteiger partial charge in [-0.15, -0.1) is 0 Å². The van der Waals surface area contributed by atoms with Crippen molar-refractivity contribution in [2.75, 3.05) is 18.5 Å². The van der Waals surface area contributed by atoms with E-state index in [1.807, 2.05) is 36.4 Å². The van der Waals surface area contributed by atoms with E-state index >= 15 is 0 Å². The lowest BCUT2D eigenvalue weighted by molar-refractivity contribution is 0.120. The number of nitrogens with zero attached hydrogens (tertiary/aromatic N) is 1. The summed E-state index contributed by atoms with van der Waals surface area (Å²) in [6, 6.07) is 14.1. The van der Waals surface area contributed by atoms with Crippen molar-refractivity contribution < 1.29 is 4.74 Å². The molecule has 1 saturated heterocycles. The SMILES string of the molecule is N#Cc1ccc(NCC2CCCO2)c2ccccc12. The second-order valence-electron chi connectivity index (χ2n) is 4.83. The fraction of sp³-hybridized carbons (Fsp3) is 0.312. The first kappa shape index (κ1) is 12.0. The van der Waals surface area contributed by atoms with Crippen molar-refractivity contribution in [2.45, 2.75) is 18.9 Å². The van der Waals surface area contributed by atoms with Crippen LogP contribution in [0, 0.1) is 11.3 Å². The molecule has 0 spiro atoms. The third kappa shape index (κ3) is 2.40. The first-order valence-electron chi connectivity index (χ1n) is 6.66. The maximum atomic E-state index is 9.14. The van der Waals surface area contributed by atoms with Gasteiger partial charge in [0.1, 0.15) is 0 Å². The first-order valence-corrected chi connectivity index (χ1v) is 6.66. The molecule has 1 fully saturated rings. The zero-order valence-corrected chi connectivity index (χ0v) is 10.7. The highest BCUT2D eigenvalue weighted by Gasteiger charge is 2.15. The number of rotatable bonds is 3. The van der Waals surface area contributed by atoms with E-state index in [9.17, 15) is 0 Å². The molecule has 0 bridgehead atoms. The van der Waals surface area contributed by atoms with Gasteiger partial charge in [-0.3, -0.25) is 0 Å². The Morgan fingerprint density at radius 1 is 1.21 bits per heavy atom. The molecule has 3 nitrogen and oxygen atoms in total. The number of ether oxygens (including phenoxy) is 1. The van der Waals surface area contributed by atoms with Gasteiger partial charge in [-0.1, -0.05) is 24.3 Å². The van der Waals surface area contributed by atoms with Gasteiger partial charge < -0.3 is 10.1 Å². The van der Waals surface area contributed by atoms with Crippen molar-refractivity contribution in [3.05, 3.63) is 42.0 Å². The fourth-order valence-electron chi connectivity index (χ4n) is 2.58. The Morgan fingerprint density at radius 3 is 2.79 bits per heavy atom. The van der Waals surface area contributed by atoms with Crippen LogP contribution in [-0.2, 0) is 4.74 Å². The molecule has 0 radical (unpaired) electrons. The minimum absolute atomic E-state index is 0.314. The molecule has 3 rings (SSSR count). The summed E-state index contributed by atoms with van der Waals surface area (Å²) in [7, 11) is 0. The summed E-state index contributed by atoms with van der Waals surface area (Å²) in [4.78, 5) is 0. The van der Waals surface area contributed by atoms with Crippen LogP contribution in [0.2, 0.25) is 0 Å². The van der Waals surface area contributed by atoms with E-state index in [2.05, 4.69) is 11.4 Å². The van der Waals surface area contributed by atoms with Crippen LogP contribution >= 0.6 is 0 Å².